The van der Waals surface area contributed by atoms with E-state index in [1.807, 2.05) is 0 Å². The van der Waals surface area contributed by atoms with Gasteiger partial charge in [0.2, 0.25) is 0 Å². The number of nitrogens with one attached hydrogen (secondary N) is 1. The summed E-state index contributed by atoms with van der Waals surface area (Å²) in [7, 11) is 1.44. The highest BCUT2D eigenvalue weighted by Gasteiger charge is 2.24. The Hall–Kier alpha value is -1.27. The van der Waals surface area contributed by atoms with Crippen molar-refractivity contribution < 1.29 is 14.7 Å². The molecule has 1 rings (SSSR count). The molecule has 0 heterocycles. The fourth-order valence-corrected chi connectivity index (χ4v) is 2.07. The van der Waals surface area contributed by atoms with Gasteiger partial charge in [0, 0.05) is 16.5 Å². The van der Waals surface area contributed by atoms with Crippen molar-refractivity contribution in [2.24, 2.45) is 0 Å². The summed E-state index contributed by atoms with van der Waals surface area (Å²) in [6.45, 7) is 1.71. The van der Waals surface area contributed by atoms with Gasteiger partial charge in [-0.3, -0.25) is 0 Å². The molecular formula is C12H14BrClN2O3. The highest BCUT2D eigenvalue weighted by molar-refractivity contribution is 9.10. The molecule has 19 heavy (non-hydrogen) atoms. The lowest BCUT2D eigenvalue weighted by Gasteiger charge is -2.24. The molecule has 0 radical (unpaired) electrons. The van der Waals surface area contributed by atoms with E-state index in [9.17, 15) is 9.59 Å². The summed E-state index contributed by atoms with van der Waals surface area (Å²) in [5.74, 6) is -1.04. The lowest BCUT2D eigenvalue weighted by molar-refractivity contribution is -0.141. The lowest BCUT2D eigenvalue weighted by Crippen LogP contribution is -2.44. The van der Waals surface area contributed by atoms with E-state index >= 15 is 0 Å². The number of rotatable bonds is 4. The molecule has 0 spiro atoms. The molecule has 1 atom stereocenters. The van der Waals surface area contributed by atoms with Crippen LogP contribution in [0.1, 0.15) is 13.3 Å². The molecule has 2 amide bonds. The Morgan fingerprint density at radius 3 is 2.68 bits per heavy atom. The van der Waals surface area contributed by atoms with Crippen LogP contribution in [0.3, 0.4) is 0 Å². The third-order valence-electron chi connectivity index (χ3n) is 2.63. The van der Waals surface area contributed by atoms with Crippen LogP contribution in [-0.2, 0) is 4.79 Å². The van der Waals surface area contributed by atoms with Crippen LogP contribution < -0.4 is 5.32 Å². The number of anilines is 1. The first-order chi connectivity index (χ1) is 8.86. The number of urea groups is 1. The maximum Gasteiger partial charge on any atom is 0.326 e. The van der Waals surface area contributed by atoms with Gasteiger partial charge in [-0.1, -0.05) is 18.5 Å². The monoisotopic (exact) mass is 348 g/mol. The zero-order valence-electron chi connectivity index (χ0n) is 10.5. The van der Waals surface area contributed by atoms with Crippen LogP contribution >= 0.6 is 27.5 Å². The van der Waals surface area contributed by atoms with Crippen molar-refractivity contribution in [2.75, 3.05) is 12.4 Å². The van der Waals surface area contributed by atoms with E-state index in [0.29, 0.717) is 21.6 Å². The van der Waals surface area contributed by atoms with Gasteiger partial charge in [-0.15, -0.1) is 0 Å². The number of hydrogen-bond acceptors (Lipinski definition) is 2. The first-order valence-corrected chi connectivity index (χ1v) is 6.75. The fourth-order valence-electron chi connectivity index (χ4n) is 1.55. The summed E-state index contributed by atoms with van der Waals surface area (Å²) < 4.78 is 0.669. The molecule has 104 valence electrons. The van der Waals surface area contributed by atoms with Crippen molar-refractivity contribution in [3.05, 3.63) is 27.7 Å². The zero-order valence-corrected chi connectivity index (χ0v) is 12.8. The zero-order chi connectivity index (χ0) is 14.6. The van der Waals surface area contributed by atoms with Crippen LogP contribution in [0, 0.1) is 0 Å². The number of carbonyl (C=O) groups is 2. The molecule has 1 aromatic carbocycles. The van der Waals surface area contributed by atoms with E-state index in [2.05, 4.69) is 21.2 Å². The average Bonchev–Trinajstić information content (AvgIpc) is 2.34. The van der Waals surface area contributed by atoms with Crippen molar-refractivity contribution in [1.82, 2.24) is 4.90 Å². The van der Waals surface area contributed by atoms with Crippen molar-refractivity contribution >= 4 is 45.2 Å². The second kappa shape index (κ2) is 6.77. The summed E-state index contributed by atoms with van der Waals surface area (Å²) in [6, 6.07) is 3.60. The molecule has 2 N–H and O–H groups in total. The molecule has 1 aromatic rings. The van der Waals surface area contributed by atoms with E-state index < -0.39 is 18.0 Å². The number of hydrogen-bond donors (Lipinski definition) is 2. The summed E-state index contributed by atoms with van der Waals surface area (Å²) in [5, 5.41) is 12.1. The van der Waals surface area contributed by atoms with Crippen molar-refractivity contribution in [1.29, 1.82) is 0 Å². The molecule has 5 nitrogen and oxygen atoms in total. The van der Waals surface area contributed by atoms with Crippen LogP contribution in [-0.4, -0.2) is 35.1 Å². The second-order valence-corrected chi connectivity index (χ2v) is 5.22. The molecule has 0 saturated heterocycles. The van der Waals surface area contributed by atoms with Crippen molar-refractivity contribution in [2.45, 2.75) is 19.4 Å². The lowest BCUT2D eigenvalue weighted by atomic mass is 10.2. The van der Waals surface area contributed by atoms with E-state index in [1.165, 1.54) is 7.05 Å². The number of carbonyl (C=O) groups excluding carboxylic acids is 1. The maximum absolute atomic E-state index is 12.0. The molecular weight excluding hydrogens is 336 g/mol. The van der Waals surface area contributed by atoms with Gasteiger partial charge >= 0.3 is 12.0 Å². The minimum atomic E-state index is -1.04. The molecule has 7 heteroatoms. The Morgan fingerprint density at radius 1 is 1.53 bits per heavy atom. The predicted molar refractivity (Wildman–Crippen MR) is 77.6 cm³/mol. The van der Waals surface area contributed by atoms with E-state index in [4.69, 9.17) is 16.7 Å². The minimum Gasteiger partial charge on any atom is -0.480 e. The number of benzene rings is 1. The topological polar surface area (TPSA) is 69.6 Å². The number of amides is 2. The summed E-state index contributed by atoms with van der Waals surface area (Å²) in [5.41, 5.74) is 0.490. The van der Waals surface area contributed by atoms with Gasteiger partial charge < -0.3 is 15.3 Å². The van der Waals surface area contributed by atoms with Gasteiger partial charge in [-0.2, -0.15) is 0 Å². The third-order valence-corrected chi connectivity index (χ3v) is 3.56. The van der Waals surface area contributed by atoms with Crippen LogP contribution in [0.15, 0.2) is 22.7 Å². The van der Waals surface area contributed by atoms with Gasteiger partial charge in [-0.05, 0) is 40.5 Å². The van der Waals surface area contributed by atoms with E-state index in [1.54, 1.807) is 25.1 Å². The SMILES string of the molecule is CCC(C(=O)O)N(C)C(=O)Nc1cc(Cl)ccc1Br. The van der Waals surface area contributed by atoms with Gasteiger partial charge in [0.25, 0.3) is 0 Å². The van der Waals surface area contributed by atoms with Gasteiger partial charge in [0.05, 0.1) is 5.69 Å². The Kier molecular flexibility index (Phi) is 5.62. The number of aliphatic carboxylic acids is 1. The van der Waals surface area contributed by atoms with Gasteiger partial charge in [0.15, 0.2) is 0 Å². The quantitative estimate of drug-likeness (QED) is 0.875. The van der Waals surface area contributed by atoms with Crippen molar-refractivity contribution in [3.8, 4) is 0 Å². The standard InChI is InChI=1S/C12H14BrClN2O3/c1-3-10(11(17)18)16(2)12(19)15-9-6-7(14)4-5-8(9)13/h4-6,10H,3H2,1-2H3,(H,15,19)(H,17,18). The Bertz CT molecular complexity index is 496. The Balaban J connectivity index is 2.84. The molecule has 0 bridgehead atoms. The number of halogens is 2. The number of carboxylic acids is 1. The summed E-state index contributed by atoms with van der Waals surface area (Å²) in [6.07, 6.45) is 0.329. The van der Waals surface area contributed by atoms with Crippen LogP contribution in [0.25, 0.3) is 0 Å². The fraction of sp³-hybridized carbons (Fsp3) is 0.333. The highest BCUT2D eigenvalue weighted by Crippen LogP contribution is 2.26. The number of likely N-dealkylation sites (N-methyl/N-ethyl adjacent to an activating group) is 1. The Labute approximate surface area is 124 Å². The van der Waals surface area contributed by atoms with Crippen LogP contribution in [0.5, 0.6) is 0 Å². The number of carboxylic acid groups (broad SMARTS) is 1. The normalized spacial score (nSPS) is 11.8. The Morgan fingerprint density at radius 2 is 2.16 bits per heavy atom. The summed E-state index contributed by atoms with van der Waals surface area (Å²) in [4.78, 5) is 24.1. The predicted octanol–water partition coefficient (Wildman–Crippen LogP) is 3.43. The van der Waals surface area contributed by atoms with Crippen molar-refractivity contribution in [3.63, 3.8) is 0 Å². The first-order valence-electron chi connectivity index (χ1n) is 5.58. The smallest absolute Gasteiger partial charge is 0.326 e. The average molecular weight is 350 g/mol. The van der Waals surface area contributed by atoms with Gasteiger partial charge in [-0.25, -0.2) is 9.59 Å². The molecule has 0 fully saturated rings. The molecule has 1 unspecified atom stereocenters. The number of nitrogens with zero attached hydrogens (tertiary/aromatic N) is 1. The molecule has 0 aromatic heterocycles. The maximum atomic E-state index is 12.0. The second-order valence-electron chi connectivity index (χ2n) is 3.93. The van der Waals surface area contributed by atoms with E-state index in [0.717, 1.165) is 4.90 Å². The molecule has 0 aliphatic heterocycles. The third kappa shape index (κ3) is 4.11. The van der Waals surface area contributed by atoms with Crippen LogP contribution in [0.2, 0.25) is 5.02 Å². The largest absolute Gasteiger partial charge is 0.480 e. The van der Waals surface area contributed by atoms with E-state index in [-0.39, 0.29) is 0 Å². The highest BCUT2D eigenvalue weighted by atomic mass is 79.9. The van der Waals surface area contributed by atoms with Crippen LogP contribution in [0.4, 0.5) is 10.5 Å². The van der Waals surface area contributed by atoms with Gasteiger partial charge in [0.1, 0.15) is 6.04 Å². The minimum absolute atomic E-state index is 0.329. The first kappa shape index (κ1) is 15.8. The summed E-state index contributed by atoms with van der Waals surface area (Å²) >= 11 is 9.12. The molecule has 0 saturated carbocycles. The molecule has 0 aliphatic carbocycles. The molecule has 0 aliphatic rings.